The highest BCUT2D eigenvalue weighted by atomic mass is 16.5. The summed E-state index contributed by atoms with van der Waals surface area (Å²) in [7, 11) is 3.72. The molecule has 2 aromatic carbocycles. The quantitative estimate of drug-likeness (QED) is 0.631. The van der Waals surface area contributed by atoms with Crippen LogP contribution in [0.5, 0.6) is 5.75 Å². The molecule has 2 aliphatic rings. The molecular formula is C25H28N2O2. The summed E-state index contributed by atoms with van der Waals surface area (Å²) in [6.45, 7) is 7.00. The molecule has 150 valence electrons. The third-order valence-corrected chi connectivity index (χ3v) is 7.89. The molecule has 0 saturated heterocycles. The maximum absolute atomic E-state index is 13.6. The van der Waals surface area contributed by atoms with Crippen molar-refractivity contribution in [1.82, 2.24) is 9.36 Å². The zero-order valence-corrected chi connectivity index (χ0v) is 17.8. The zero-order chi connectivity index (χ0) is 20.6. The lowest BCUT2D eigenvalue weighted by Gasteiger charge is -2.36. The summed E-state index contributed by atoms with van der Waals surface area (Å²) >= 11 is 0. The number of rotatable bonds is 3. The van der Waals surface area contributed by atoms with Crippen molar-refractivity contribution in [2.24, 2.45) is 12.5 Å². The molecule has 1 fully saturated rings. The molecule has 4 nitrogen and oxygen atoms in total. The average Bonchev–Trinajstić information content (AvgIpc) is 3.19. The molecule has 0 unspecified atom stereocenters. The first-order valence-electron chi connectivity index (χ1n) is 10.4. The van der Waals surface area contributed by atoms with Gasteiger partial charge >= 0.3 is 0 Å². The zero-order valence-electron chi connectivity index (χ0n) is 17.8. The Kier molecular flexibility index (Phi) is 3.71. The Morgan fingerprint density at radius 3 is 2.41 bits per heavy atom. The monoisotopic (exact) mass is 388 g/mol. The van der Waals surface area contributed by atoms with Gasteiger partial charge in [0.05, 0.1) is 18.5 Å². The van der Waals surface area contributed by atoms with Gasteiger partial charge in [-0.15, -0.1) is 0 Å². The summed E-state index contributed by atoms with van der Waals surface area (Å²) in [5.74, 6) is 1.18. The summed E-state index contributed by atoms with van der Waals surface area (Å²) in [5.41, 5.74) is 5.67. The molecule has 4 heteroatoms. The van der Waals surface area contributed by atoms with E-state index in [1.807, 2.05) is 42.1 Å². The van der Waals surface area contributed by atoms with Gasteiger partial charge in [-0.05, 0) is 59.6 Å². The lowest BCUT2D eigenvalue weighted by molar-refractivity contribution is 0.218. The number of hydrogen-bond acceptors (Lipinski definition) is 2. The standard InChI is InChI=1S/C25H28N2O2/c1-24(2)20-12-13-25(24,3)22-21(20)23(28)27(26(22)4)18-10-6-8-16(14-18)17-9-7-11-19(15-17)29-5/h6-11,14-15,20H,12-13H2,1-5H3/t20-,25+/m1/s1. The topological polar surface area (TPSA) is 36.2 Å². The van der Waals surface area contributed by atoms with Gasteiger partial charge in [-0.3, -0.25) is 9.48 Å². The molecule has 1 heterocycles. The minimum atomic E-state index is 0.0521. The van der Waals surface area contributed by atoms with Crippen LogP contribution in [0.2, 0.25) is 0 Å². The molecule has 2 bridgehead atoms. The van der Waals surface area contributed by atoms with Crippen LogP contribution in [0.25, 0.3) is 16.8 Å². The van der Waals surface area contributed by atoms with Crippen LogP contribution in [0.15, 0.2) is 53.3 Å². The van der Waals surface area contributed by atoms with Crippen LogP contribution >= 0.6 is 0 Å². The van der Waals surface area contributed by atoms with Crippen molar-refractivity contribution < 1.29 is 4.74 Å². The molecule has 2 aliphatic carbocycles. The lowest BCUT2D eigenvalue weighted by atomic mass is 9.70. The van der Waals surface area contributed by atoms with E-state index in [4.69, 9.17) is 4.74 Å². The van der Waals surface area contributed by atoms with E-state index in [0.717, 1.165) is 41.0 Å². The molecule has 29 heavy (non-hydrogen) atoms. The number of hydrogen-bond donors (Lipinski definition) is 0. The highest BCUT2D eigenvalue weighted by molar-refractivity contribution is 5.67. The Morgan fingerprint density at radius 2 is 1.72 bits per heavy atom. The fraction of sp³-hybridized carbons (Fsp3) is 0.400. The number of benzene rings is 2. The first-order chi connectivity index (χ1) is 13.8. The normalized spacial score (nSPS) is 24.0. The minimum absolute atomic E-state index is 0.0521. The maximum atomic E-state index is 13.6. The molecular weight excluding hydrogens is 360 g/mol. The minimum Gasteiger partial charge on any atom is -0.497 e. The number of fused-ring (bicyclic) bond motifs is 5. The molecule has 2 atom stereocenters. The van der Waals surface area contributed by atoms with E-state index in [1.165, 1.54) is 5.69 Å². The van der Waals surface area contributed by atoms with Crippen LogP contribution < -0.4 is 10.3 Å². The molecule has 0 amide bonds. The van der Waals surface area contributed by atoms with Crippen LogP contribution in [0.1, 0.15) is 50.8 Å². The SMILES string of the molecule is COc1cccc(-c2cccc(-n3c(=O)c4c(n3C)[C@]3(C)CC[C@H]4C3(C)C)c2)c1. The fourth-order valence-electron chi connectivity index (χ4n) is 5.93. The second-order valence-electron chi connectivity index (χ2n) is 9.33. The van der Waals surface area contributed by atoms with E-state index in [1.54, 1.807) is 7.11 Å². The van der Waals surface area contributed by atoms with Crippen molar-refractivity contribution in [3.8, 4) is 22.6 Å². The van der Waals surface area contributed by atoms with Crippen molar-refractivity contribution in [2.75, 3.05) is 7.11 Å². The predicted octanol–water partition coefficient (Wildman–Crippen LogP) is 5.03. The lowest BCUT2D eigenvalue weighted by Crippen LogP contribution is -2.35. The third kappa shape index (κ3) is 2.23. The summed E-state index contributed by atoms with van der Waals surface area (Å²) in [6, 6.07) is 16.2. The third-order valence-electron chi connectivity index (χ3n) is 7.89. The molecule has 1 aromatic heterocycles. The van der Waals surface area contributed by atoms with Crippen LogP contribution in [0.3, 0.4) is 0 Å². The molecule has 0 radical (unpaired) electrons. The molecule has 5 rings (SSSR count). The van der Waals surface area contributed by atoms with Crippen LogP contribution in [-0.4, -0.2) is 16.5 Å². The van der Waals surface area contributed by atoms with Crippen molar-refractivity contribution in [3.05, 3.63) is 70.1 Å². The van der Waals surface area contributed by atoms with Crippen LogP contribution in [0, 0.1) is 5.41 Å². The number of methoxy groups -OCH3 is 1. The maximum Gasteiger partial charge on any atom is 0.275 e. The number of ether oxygens (including phenoxy) is 1. The van der Waals surface area contributed by atoms with Gasteiger partial charge in [-0.1, -0.05) is 45.0 Å². The Labute approximate surface area is 171 Å². The molecule has 0 aliphatic heterocycles. The smallest absolute Gasteiger partial charge is 0.275 e. The van der Waals surface area contributed by atoms with Crippen LogP contribution in [-0.2, 0) is 12.5 Å². The summed E-state index contributed by atoms with van der Waals surface area (Å²) in [4.78, 5) is 13.6. The Balaban J connectivity index is 1.67. The van der Waals surface area contributed by atoms with Crippen molar-refractivity contribution >= 4 is 0 Å². The number of nitrogens with zero attached hydrogens (tertiary/aromatic N) is 2. The summed E-state index contributed by atoms with van der Waals surface area (Å²) < 4.78 is 9.35. The largest absolute Gasteiger partial charge is 0.497 e. The Morgan fingerprint density at radius 1 is 1.03 bits per heavy atom. The second kappa shape index (κ2) is 5.88. The first kappa shape index (κ1) is 18.3. The van der Waals surface area contributed by atoms with Gasteiger partial charge in [0.15, 0.2) is 0 Å². The fourth-order valence-corrected chi connectivity index (χ4v) is 5.93. The van der Waals surface area contributed by atoms with E-state index >= 15 is 0 Å². The molecule has 3 aromatic rings. The van der Waals surface area contributed by atoms with Crippen molar-refractivity contribution in [2.45, 2.75) is 44.9 Å². The van der Waals surface area contributed by atoms with E-state index < -0.39 is 0 Å². The van der Waals surface area contributed by atoms with Gasteiger partial charge < -0.3 is 4.74 Å². The second-order valence-corrected chi connectivity index (χ2v) is 9.33. The predicted molar refractivity (Wildman–Crippen MR) is 116 cm³/mol. The van der Waals surface area contributed by atoms with Gasteiger partial charge in [-0.2, -0.15) is 0 Å². The van der Waals surface area contributed by atoms with Gasteiger partial charge in [-0.25, -0.2) is 4.68 Å². The first-order valence-corrected chi connectivity index (χ1v) is 10.4. The van der Waals surface area contributed by atoms with Crippen molar-refractivity contribution in [1.29, 1.82) is 0 Å². The van der Waals surface area contributed by atoms with Gasteiger partial charge in [0.1, 0.15) is 5.75 Å². The Bertz CT molecular complexity index is 1180. The Hall–Kier alpha value is -2.75. The summed E-state index contributed by atoms with van der Waals surface area (Å²) in [6.07, 6.45) is 2.26. The van der Waals surface area contributed by atoms with Crippen LogP contribution in [0.4, 0.5) is 0 Å². The van der Waals surface area contributed by atoms with E-state index in [2.05, 4.69) is 43.7 Å². The highest BCUT2D eigenvalue weighted by Gasteiger charge is 2.62. The van der Waals surface area contributed by atoms with Gasteiger partial charge in [0.25, 0.3) is 5.56 Å². The van der Waals surface area contributed by atoms with Gasteiger partial charge in [0.2, 0.25) is 0 Å². The van der Waals surface area contributed by atoms with E-state index in [0.29, 0.717) is 5.92 Å². The molecule has 0 N–H and O–H groups in total. The van der Waals surface area contributed by atoms with Crippen molar-refractivity contribution in [3.63, 3.8) is 0 Å². The molecule has 0 spiro atoms. The molecule has 1 saturated carbocycles. The van der Waals surface area contributed by atoms with E-state index in [-0.39, 0.29) is 16.4 Å². The van der Waals surface area contributed by atoms with E-state index in [9.17, 15) is 4.79 Å². The summed E-state index contributed by atoms with van der Waals surface area (Å²) in [5, 5.41) is 0. The highest BCUT2D eigenvalue weighted by Crippen LogP contribution is 2.66. The van der Waals surface area contributed by atoms with Gasteiger partial charge in [0, 0.05) is 18.0 Å². The number of aromatic nitrogens is 2. The average molecular weight is 389 g/mol.